The fourth-order valence-electron chi connectivity index (χ4n) is 1.14. The van der Waals surface area contributed by atoms with Crippen LogP contribution in [0.3, 0.4) is 0 Å². The number of amides is 1. The van der Waals surface area contributed by atoms with E-state index in [2.05, 4.69) is 10.2 Å². The Balaban J connectivity index is 2.97. The van der Waals surface area contributed by atoms with Crippen molar-refractivity contribution in [1.82, 2.24) is 10.2 Å². The SMILES string of the molecule is CC(C)(C)OC(=O)N(CC(=O)O)c1ccc(Cl)nn1. The summed E-state index contributed by atoms with van der Waals surface area (Å²) in [7, 11) is 0. The maximum absolute atomic E-state index is 11.9. The molecule has 19 heavy (non-hydrogen) atoms. The van der Waals surface area contributed by atoms with Crippen LogP contribution in [0.4, 0.5) is 10.6 Å². The van der Waals surface area contributed by atoms with Gasteiger partial charge < -0.3 is 9.84 Å². The Morgan fingerprint density at radius 1 is 1.37 bits per heavy atom. The molecule has 0 spiro atoms. The zero-order valence-corrected chi connectivity index (χ0v) is 11.5. The summed E-state index contributed by atoms with van der Waals surface area (Å²) in [4.78, 5) is 23.6. The van der Waals surface area contributed by atoms with Crippen LogP contribution in [0.5, 0.6) is 0 Å². The van der Waals surface area contributed by atoms with Gasteiger partial charge in [-0.15, -0.1) is 10.2 Å². The topological polar surface area (TPSA) is 92.6 Å². The number of hydrogen-bond acceptors (Lipinski definition) is 5. The van der Waals surface area contributed by atoms with E-state index in [0.717, 1.165) is 4.90 Å². The number of ether oxygens (including phenoxy) is 1. The lowest BCUT2D eigenvalue weighted by molar-refractivity contribution is -0.135. The Bertz CT molecular complexity index is 470. The number of carboxylic acid groups (broad SMARTS) is 1. The zero-order chi connectivity index (χ0) is 14.6. The Morgan fingerprint density at radius 2 is 2.00 bits per heavy atom. The van der Waals surface area contributed by atoms with E-state index in [1.54, 1.807) is 20.8 Å². The molecular weight excluding hydrogens is 274 g/mol. The van der Waals surface area contributed by atoms with Crippen LogP contribution in [0.25, 0.3) is 0 Å². The van der Waals surface area contributed by atoms with Crippen LogP contribution in [0.15, 0.2) is 12.1 Å². The van der Waals surface area contributed by atoms with Crippen LogP contribution < -0.4 is 4.90 Å². The molecule has 0 aliphatic rings. The van der Waals surface area contributed by atoms with Gasteiger partial charge in [-0.05, 0) is 32.9 Å². The van der Waals surface area contributed by atoms with Gasteiger partial charge in [0, 0.05) is 0 Å². The molecule has 0 aliphatic heterocycles. The highest BCUT2D eigenvalue weighted by atomic mass is 35.5. The molecule has 104 valence electrons. The molecule has 1 amide bonds. The largest absolute Gasteiger partial charge is 0.480 e. The van der Waals surface area contributed by atoms with Gasteiger partial charge in [0.2, 0.25) is 0 Å². The van der Waals surface area contributed by atoms with Crippen LogP contribution in [0, 0.1) is 0 Å². The summed E-state index contributed by atoms with van der Waals surface area (Å²) in [6.07, 6.45) is -0.813. The van der Waals surface area contributed by atoms with Gasteiger partial charge in [0.1, 0.15) is 12.1 Å². The first-order valence-electron chi connectivity index (χ1n) is 5.40. The number of aromatic nitrogens is 2. The monoisotopic (exact) mass is 287 g/mol. The molecule has 1 aromatic rings. The lowest BCUT2D eigenvalue weighted by Gasteiger charge is -2.25. The number of halogens is 1. The third kappa shape index (κ3) is 5.09. The first-order chi connectivity index (χ1) is 8.69. The van der Waals surface area contributed by atoms with Gasteiger partial charge in [0.25, 0.3) is 0 Å². The standard InChI is InChI=1S/C11H14ClN3O4/c1-11(2,3)19-10(18)15(6-9(16)17)8-5-4-7(12)13-14-8/h4-5H,6H2,1-3H3,(H,16,17). The van der Waals surface area contributed by atoms with E-state index in [9.17, 15) is 9.59 Å². The second-order valence-electron chi connectivity index (χ2n) is 4.67. The minimum atomic E-state index is -1.19. The van der Waals surface area contributed by atoms with Crippen molar-refractivity contribution in [3.8, 4) is 0 Å². The van der Waals surface area contributed by atoms with Gasteiger partial charge in [-0.3, -0.25) is 4.79 Å². The van der Waals surface area contributed by atoms with Gasteiger partial charge in [-0.2, -0.15) is 0 Å². The average Bonchev–Trinajstić information content (AvgIpc) is 2.24. The summed E-state index contributed by atoms with van der Waals surface area (Å²) in [6.45, 7) is 4.46. The van der Waals surface area contributed by atoms with Gasteiger partial charge >= 0.3 is 12.1 Å². The number of anilines is 1. The second kappa shape index (κ2) is 5.83. The normalized spacial score (nSPS) is 10.9. The lowest BCUT2D eigenvalue weighted by Crippen LogP contribution is -2.40. The third-order valence-electron chi connectivity index (χ3n) is 1.80. The van der Waals surface area contributed by atoms with Crippen molar-refractivity contribution in [3.63, 3.8) is 0 Å². The predicted octanol–water partition coefficient (Wildman–Crippen LogP) is 1.96. The molecule has 0 atom stereocenters. The maximum atomic E-state index is 11.9. The number of hydrogen-bond donors (Lipinski definition) is 1. The lowest BCUT2D eigenvalue weighted by atomic mass is 10.2. The summed E-state index contributed by atoms with van der Waals surface area (Å²) in [5.41, 5.74) is -0.742. The molecule has 0 fully saturated rings. The van der Waals surface area contributed by atoms with Crippen molar-refractivity contribution in [2.75, 3.05) is 11.4 Å². The molecule has 0 saturated heterocycles. The van der Waals surface area contributed by atoms with Crippen molar-refractivity contribution in [2.24, 2.45) is 0 Å². The van der Waals surface area contributed by atoms with E-state index in [4.69, 9.17) is 21.4 Å². The molecule has 0 aromatic carbocycles. The van der Waals surface area contributed by atoms with Crippen LogP contribution in [0.2, 0.25) is 5.15 Å². The first kappa shape index (κ1) is 15.2. The average molecular weight is 288 g/mol. The van der Waals surface area contributed by atoms with E-state index >= 15 is 0 Å². The van der Waals surface area contributed by atoms with Crippen molar-refractivity contribution >= 4 is 29.5 Å². The third-order valence-corrected chi connectivity index (χ3v) is 2.00. The molecule has 1 aromatic heterocycles. The van der Waals surface area contributed by atoms with Crippen molar-refractivity contribution in [3.05, 3.63) is 17.3 Å². The molecule has 0 radical (unpaired) electrons. The van der Waals surface area contributed by atoms with Crippen molar-refractivity contribution in [2.45, 2.75) is 26.4 Å². The highest BCUT2D eigenvalue weighted by Gasteiger charge is 2.26. The van der Waals surface area contributed by atoms with Gasteiger partial charge in [0.15, 0.2) is 11.0 Å². The number of nitrogens with zero attached hydrogens (tertiary/aromatic N) is 3. The Labute approximate surface area is 115 Å². The number of carbonyl (C=O) groups is 2. The number of aliphatic carboxylic acids is 1. The summed E-state index contributed by atoms with van der Waals surface area (Å²) in [6, 6.07) is 2.80. The van der Waals surface area contributed by atoms with Crippen LogP contribution in [0.1, 0.15) is 20.8 Å². The summed E-state index contributed by atoms with van der Waals surface area (Å²) in [5.74, 6) is -1.14. The highest BCUT2D eigenvalue weighted by molar-refractivity contribution is 6.29. The molecule has 7 nitrogen and oxygen atoms in total. The Morgan fingerprint density at radius 3 is 2.42 bits per heavy atom. The van der Waals surface area contributed by atoms with E-state index in [1.807, 2.05) is 0 Å². The zero-order valence-electron chi connectivity index (χ0n) is 10.8. The van der Waals surface area contributed by atoms with Gasteiger partial charge in [-0.25, -0.2) is 9.69 Å². The fourth-order valence-corrected chi connectivity index (χ4v) is 1.25. The summed E-state index contributed by atoms with van der Waals surface area (Å²) < 4.78 is 5.11. The quantitative estimate of drug-likeness (QED) is 0.913. The van der Waals surface area contributed by atoms with Crippen molar-refractivity contribution in [1.29, 1.82) is 0 Å². The first-order valence-corrected chi connectivity index (χ1v) is 5.78. The van der Waals surface area contributed by atoms with E-state index in [0.29, 0.717) is 0 Å². The summed E-state index contributed by atoms with van der Waals surface area (Å²) >= 11 is 5.58. The van der Waals surface area contributed by atoms with E-state index < -0.39 is 24.2 Å². The molecule has 0 aliphatic carbocycles. The Hall–Kier alpha value is -1.89. The molecule has 8 heteroatoms. The van der Waals surface area contributed by atoms with Crippen molar-refractivity contribution < 1.29 is 19.4 Å². The van der Waals surface area contributed by atoms with E-state index in [1.165, 1.54) is 12.1 Å². The van der Waals surface area contributed by atoms with Gasteiger partial charge in [-0.1, -0.05) is 11.6 Å². The minimum absolute atomic E-state index is 0.0565. The fraction of sp³-hybridized carbons (Fsp3) is 0.455. The van der Waals surface area contributed by atoms with Crippen LogP contribution in [-0.2, 0) is 9.53 Å². The summed E-state index contributed by atoms with van der Waals surface area (Å²) in [5, 5.41) is 16.2. The number of rotatable bonds is 3. The number of carbonyl (C=O) groups excluding carboxylic acids is 1. The molecule has 0 saturated carbocycles. The highest BCUT2D eigenvalue weighted by Crippen LogP contribution is 2.16. The molecule has 0 bridgehead atoms. The molecule has 1 heterocycles. The molecule has 1 N–H and O–H groups in total. The Kier molecular flexibility index (Phi) is 4.66. The second-order valence-corrected chi connectivity index (χ2v) is 5.06. The molecular formula is C11H14ClN3O4. The maximum Gasteiger partial charge on any atom is 0.416 e. The predicted molar refractivity (Wildman–Crippen MR) is 68.3 cm³/mol. The van der Waals surface area contributed by atoms with E-state index in [-0.39, 0.29) is 11.0 Å². The van der Waals surface area contributed by atoms with Crippen LogP contribution >= 0.6 is 11.6 Å². The molecule has 0 unspecified atom stereocenters. The number of carboxylic acids is 1. The van der Waals surface area contributed by atoms with Gasteiger partial charge in [0.05, 0.1) is 0 Å². The molecule has 1 rings (SSSR count). The minimum Gasteiger partial charge on any atom is -0.480 e. The van der Waals surface area contributed by atoms with Crippen LogP contribution in [-0.4, -0.2) is 39.5 Å². The smallest absolute Gasteiger partial charge is 0.416 e.